The zero-order chi connectivity index (χ0) is 19.3. The van der Waals surface area contributed by atoms with Crippen LogP contribution >= 0.6 is 23.2 Å². The van der Waals surface area contributed by atoms with Gasteiger partial charge in [0.15, 0.2) is 17.3 Å². The van der Waals surface area contributed by atoms with Crippen molar-refractivity contribution < 1.29 is 14.3 Å². The van der Waals surface area contributed by atoms with Gasteiger partial charge in [0.1, 0.15) is 0 Å². The molecule has 0 saturated heterocycles. The van der Waals surface area contributed by atoms with E-state index >= 15 is 0 Å². The first-order chi connectivity index (χ1) is 12.9. The van der Waals surface area contributed by atoms with Crippen LogP contribution in [0.2, 0.25) is 10.0 Å². The molecule has 4 nitrogen and oxygen atoms in total. The van der Waals surface area contributed by atoms with Gasteiger partial charge in [-0.15, -0.1) is 0 Å². The summed E-state index contributed by atoms with van der Waals surface area (Å²) in [7, 11) is 3.49. The van der Waals surface area contributed by atoms with E-state index in [4.69, 9.17) is 27.9 Å². The zero-order valence-corrected chi connectivity index (χ0v) is 16.9. The molecule has 1 aromatic rings. The highest BCUT2D eigenvalue weighted by Crippen LogP contribution is 2.50. The largest absolute Gasteiger partial charge is 0.494 e. The molecule has 0 spiro atoms. The lowest BCUT2D eigenvalue weighted by Gasteiger charge is -2.42. The Morgan fingerprint density at radius 3 is 1.85 bits per heavy atom. The van der Waals surface area contributed by atoms with Crippen molar-refractivity contribution in [1.82, 2.24) is 4.90 Å². The summed E-state index contributed by atoms with van der Waals surface area (Å²) in [4.78, 5) is 27.9. The van der Waals surface area contributed by atoms with Gasteiger partial charge in [-0.05, 0) is 43.4 Å². The maximum atomic E-state index is 12.9. The van der Waals surface area contributed by atoms with Gasteiger partial charge in [0.2, 0.25) is 0 Å². The maximum Gasteiger partial charge on any atom is 0.161 e. The second kappa shape index (κ2) is 6.99. The topological polar surface area (TPSA) is 46.6 Å². The van der Waals surface area contributed by atoms with Gasteiger partial charge in [-0.3, -0.25) is 9.59 Å². The lowest BCUT2D eigenvalue weighted by Crippen LogP contribution is -2.37. The van der Waals surface area contributed by atoms with E-state index in [2.05, 4.69) is 4.90 Å². The number of ether oxygens (including phenoxy) is 1. The number of rotatable bonds is 2. The third-order valence-corrected chi connectivity index (χ3v) is 6.36. The molecular formula is C21H21Cl2NO3. The third-order valence-electron chi connectivity index (χ3n) is 5.80. The third kappa shape index (κ3) is 2.90. The minimum absolute atomic E-state index is 0.112. The van der Waals surface area contributed by atoms with E-state index in [0.29, 0.717) is 28.6 Å². The van der Waals surface area contributed by atoms with Crippen LogP contribution < -0.4 is 4.74 Å². The summed E-state index contributed by atoms with van der Waals surface area (Å²) in [6.07, 6.45) is 4.40. The molecule has 0 saturated carbocycles. The van der Waals surface area contributed by atoms with E-state index < -0.39 is 5.92 Å². The lowest BCUT2D eigenvalue weighted by atomic mass is 9.71. The predicted octanol–water partition coefficient (Wildman–Crippen LogP) is 5.05. The average Bonchev–Trinajstić information content (AvgIpc) is 2.63. The number of ketones is 2. The number of allylic oxidation sites excluding steroid dienone is 4. The van der Waals surface area contributed by atoms with Crippen molar-refractivity contribution in [3.63, 3.8) is 0 Å². The molecule has 2 aliphatic carbocycles. The second-order valence-corrected chi connectivity index (χ2v) is 8.10. The summed E-state index contributed by atoms with van der Waals surface area (Å²) >= 11 is 12.8. The van der Waals surface area contributed by atoms with Crippen LogP contribution in [0.1, 0.15) is 50.0 Å². The Labute approximate surface area is 168 Å². The fraction of sp³-hybridized carbons (Fsp3) is 0.429. The molecule has 4 rings (SSSR count). The minimum atomic E-state index is -0.396. The van der Waals surface area contributed by atoms with Gasteiger partial charge < -0.3 is 9.64 Å². The monoisotopic (exact) mass is 405 g/mol. The molecule has 0 fully saturated rings. The predicted molar refractivity (Wildman–Crippen MR) is 105 cm³/mol. The number of Topliss-reactive ketones (excluding diaryl/α,β-unsaturated/α-hetero) is 2. The van der Waals surface area contributed by atoms with E-state index in [-0.39, 0.29) is 11.6 Å². The normalized spacial score (nSPS) is 20.8. The van der Waals surface area contributed by atoms with Crippen LogP contribution in [0.4, 0.5) is 0 Å². The Bertz CT molecular complexity index is 849. The number of nitrogens with zero attached hydrogens (tertiary/aromatic N) is 1. The molecule has 0 aromatic heterocycles. The van der Waals surface area contributed by atoms with Crippen molar-refractivity contribution in [3.8, 4) is 5.75 Å². The fourth-order valence-electron chi connectivity index (χ4n) is 4.63. The first kappa shape index (κ1) is 18.6. The van der Waals surface area contributed by atoms with Gasteiger partial charge in [0.05, 0.1) is 17.2 Å². The molecule has 1 aliphatic heterocycles. The number of hydrogen-bond donors (Lipinski definition) is 0. The molecule has 142 valence electrons. The number of carbonyl (C=O) groups is 2. The summed E-state index contributed by atoms with van der Waals surface area (Å²) in [6, 6.07) is 3.56. The van der Waals surface area contributed by atoms with Gasteiger partial charge in [-0.25, -0.2) is 0 Å². The van der Waals surface area contributed by atoms with Crippen LogP contribution in [0.15, 0.2) is 34.7 Å². The molecule has 6 heteroatoms. The number of hydrogen-bond acceptors (Lipinski definition) is 4. The number of benzene rings is 1. The highest BCUT2D eigenvalue weighted by Gasteiger charge is 2.42. The number of methoxy groups -OCH3 is 1. The Kier molecular flexibility index (Phi) is 4.81. The molecule has 0 radical (unpaired) electrons. The summed E-state index contributed by atoms with van der Waals surface area (Å²) in [5.74, 6) is 0.234. The summed E-state index contributed by atoms with van der Waals surface area (Å²) < 4.78 is 5.26. The van der Waals surface area contributed by atoms with Gasteiger partial charge >= 0.3 is 0 Å². The first-order valence-electron chi connectivity index (χ1n) is 9.23. The molecule has 27 heavy (non-hydrogen) atoms. The van der Waals surface area contributed by atoms with Crippen LogP contribution in [0.5, 0.6) is 5.75 Å². The number of carbonyl (C=O) groups excluding carboxylic acids is 2. The Morgan fingerprint density at radius 1 is 0.926 bits per heavy atom. The summed E-state index contributed by atoms with van der Waals surface area (Å²) in [6.45, 7) is 0. The SMILES string of the molecule is COc1c(Cl)cc(C2C3=C(CCCC3=O)N(C)C3=C2C(=O)CCC3)cc1Cl. The second-order valence-electron chi connectivity index (χ2n) is 7.28. The minimum Gasteiger partial charge on any atom is -0.494 e. The van der Waals surface area contributed by atoms with Crippen molar-refractivity contribution in [2.75, 3.05) is 14.2 Å². The molecule has 1 heterocycles. The van der Waals surface area contributed by atoms with Crippen molar-refractivity contribution in [2.45, 2.75) is 44.4 Å². The summed E-state index contributed by atoms with van der Waals surface area (Å²) in [5, 5.41) is 0.768. The molecule has 0 amide bonds. The molecule has 1 aromatic carbocycles. The Morgan fingerprint density at radius 2 is 1.41 bits per heavy atom. The average molecular weight is 406 g/mol. The molecule has 0 atom stereocenters. The zero-order valence-electron chi connectivity index (χ0n) is 15.4. The highest BCUT2D eigenvalue weighted by molar-refractivity contribution is 6.37. The van der Waals surface area contributed by atoms with Crippen LogP contribution in [0, 0.1) is 0 Å². The van der Waals surface area contributed by atoms with Crippen LogP contribution in [0.25, 0.3) is 0 Å². The van der Waals surface area contributed by atoms with E-state index in [1.807, 2.05) is 7.05 Å². The highest BCUT2D eigenvalue weighted by atomic mass is 35.5. The molecule has 0 N–H and O–H groups in total. The van der Waals surface area contributed by atoms with Gasteiger partial charge in [-0.1, -0.05) is 23.2 Å². The van der Waals surface area contributed by atoms with Crippen molar-refractivity contribution in [1.29, 1.82) is 0 Å². The van der Waals surface area contributed by atoms with E-state index in [1.165, 1.54) is 7.11 Å². The van der Waals surface area contributed by atoms with E-state index in [1.54, 1.807) is 12.1 Å². The number of halogens is 2. The maximum absolute atomic E-state index is 12.9. The first-order valence-corrected chi connectivity index (χ1v) is 9.98. The van der Waals surface area contributed by atoms with Gasteiger partial charge in [-0.2, -0.15) is 0 Å². The molecule has 0 bridgehead atoms. The van der Waals surface area contributed by atoms with Crippen LogP contribution in [0.3, 0.4) is 0 Å². The lowest BCUT2D eigenvalue weighted by molar-refractivity contribution is -0.117. The molecular weight excluding hydrogens is 385 g/mol. The van der Waals surface area contributed by atoms with Crippen molar-refractivity contribution in [3.05, 3.63) is 50.3 Å². The molecule has 0 unspecified atom stereocenters. The molecule has 3 aliphatic rings. The van der Waals surface area contributed by atoms with Crippen molar-refractivity contribution >= 4 is 34.8 Å². The smallest absolute Gasteiger partial charge is 0.161 e. The van der Waals surface area contributed by atoms with Crippen molar-refractivity contribution in [2.24, 2.45) is 0 Å². The summed E-state index contributed by atoms with van der Waals surface area (Å²) in [5.41, 5.74) is 4.31. The Hall–Kier alpha value is -1.78. The standard InChI is InChI=1S/C21H21Cl2NO3/c1-24-14-5-3-7-16(25)19(14)18(20-15(24)6-4-8-17(20)26)11-9-12(22)21(27-2)13(23)10-11/h9-10,18H,3-8H2,1-2H3. The van der Waals surface area contributed by atoms with E-state index in [9.17, 15) is 9.59 Å². The van der Waals surface area contributed by atoms with Gasteiger partial charge in [0.25, 0.3) is 0 Å². The van der Waals surface area contributed by atoms with E-state index in [0.717, 1.165) is 53.8 Å². The fourth-order valence-corrected chi connectivity index (χ4v) is 5.29. The van der Waals surface area contributed by atoms with Gasteiger partial charge in [0, 0.05) is 48.3 Å². The van der Waals surface area contributed by atoms with Crippen LogP contribution in [-0.4, -0.2) is 30.6 Å². The quantitative estimate of drug-likeness (QED) is 0.690. The van der Waals surface area contributed by atoms with Crippen LogP contribution in [-0.2, 0) is 9.59 Å². The Balaban J connectivity index is 1.97.